The van der Waals surface area contributed by atoms with Gasteiger partial charge in [0.25, 0.3) is 0 Å². The Morgan fingerprint density at radius 3 is 2.78 bits per heavy atom. The van der Waals surface area contributed by atoms with Crippen LogP contribution in [0.3, 0.4) is 0 Å². The molecule has 0 spiro atoms. The van der Waals surface area contributed by atoms with Gasteiger partial charge >= 0.3 is 0 Å². The molecular formula is C18H21N3OS. The number of hydrogen-bond donors (Lipinski definition) is 1. The summed E-state index contributed by atoms with van der Waals surface area (Å²) in [6.07, 6.45) is 7.09. The van der Waals surface area contributed by atoms with E-state index < -0.39 is 5.60 Å². The van der Waals surface area contributed by atoms with Crippen LogP contribution in [0.15, 0.2) is 49.1 Å². The highest BCUT2D eigenvalue weighted by atomic mass is 32.1. The van der Waals surface area contributed by atoms with Crippen molar-refractivity contribution in [2.75, 3.05) is 13.1 Å². The molecule has 0 bridgehead atoms. The monoisotopic (exact) mass is 327 g/mol. The summed E-state index contributed by atoms with van der Waals surface area (Å²) >= 11 is 1.88. The molecule has 1 fully saturated rings. The Balaban J connectivity index is 1.37. The molecule has 1 N–H and O–H groups in total. The molecule has 1 aliphatic rings. The maximum absolute atomic E-state index is 10.8. The number of aromatic nitrogens is 2. The molecule has 3 heterocycles. The van der Waals surface area contributed by atoms with Gasteiger partial charge in [-0.25, -0.2) is 4.98 Å². The summed E-state index contributed by atoms with van der Waals surface area (Å²) in [7, 11) is 0. The van der Waals surface area contributed by atoms with E-state index in [1.165, 1.54) is 15.0 Å². The van der Waals surface area contributed by atoms with Crippen molar-refractivity contribution in [1.29, 1.82) is 0 Å². The number of nitrogens with zero attached hydrogens (tertiary/aromatic N) is 3. The summed E-state index contributed by atoms with van der Waals surface area (Å²) in [5.41, 5.74) is -0.600. The molecule has 0 aliphatic carbocycles. The molecule has 0 atom stereocenters. The number of rotatable bonds is 4. The first-order chi connectivity index (χ1) is 11.2. The fourth-order valence-corrected chi connectivity index (χ4v) is 4.45. The predicted octanol–water partition coefficient (Wildman–Crippen LogP) is 3.12. The van der Waals surface area contributed by atoms with E-state index >= 15 is 0 Å². The fourth-order valence-electron chi connectivity index (χ4n) is 3.34. The van der Waals surface area contributed by atoms with Crippen LogP contribution < -0.4 is 0 Å². The minimum atomic E-state index is -0.600. The third-order valence-corrected chi connectivity index (χ3v) is 5.78. The molecule has 1 aromatic carbocycles. The average Bonchev–Trinajstić information content (AvgIpc) is 3.18. The third kappa shape index (κ3) is 3.32. The van der Waals surface area contributed by atoms with Crippen molar-refractivity contribution in [2.24, 2.45) is 0 Å². The number of thiophene rings is 1. The molecule has 1 aliphatic heterocycles. The second kappa shape index (κ2) is 6.07. The van der Waals surface area contributed by atoms with Gasteiger partial charge in [-0.2, -0.15) is 0 Å². The largest absolute Gasteiger partial charge is 0.388 e. The summed E-state index contributed by atoms with van der Waals surface area (Å²) in [4.78, 5) is 7.91. The maximum atomic E-state index is 10.8. The number of hydrogen-bond acceptors (Lipinski definition) is 4. The lowest BCUT2D eigenvalue weighted by molar-refractivity contribution is -0.0355. The molecule has 0 saturated carbocycles. The maximum Gasteiger partial charge on any atom is 0.0946 e. The summed E-state index contributed by atoms with van der Waals surface area (Å²) in [6, 6.07) is 10.8. The Kier molecular flexibility index (Phi) is 3.93. The minimum absolute atomic E-state index is 0.600. The lowest BCUT2D eigenvalue weighted by atomic mass is 9.91. The Hall–Kier alpha value is -1.69. The topological polar surface area (TPSA) is 41.3 Å². The predicted molar refractivity (Wildman–Crippen MR) is 93.5 cm³/mol. The Labute approximate surface area is 140 Å². The summed E-state index contributed by atoms with van der Waals surface area (Å²) in [6.45, 7) is 3.52. The van der Waals surface area contributed by atoms with Crippen molar-refractivity contribution in [1.82, 2.24) is 14.5 Å². The zero-order chi connectivity index (χ0) is 15.7. The van der Waals surface area contributed by atoms with Gasteiger partial charge in [0.05, 0.1) is 18.5 Å². The van der Waals surface area contributed by atoms with Crippen LogP contribution in [0, 0.1) is 0 Å². The van der Waals surface area contributed by atoms with Crippen LogP contribution in [0.25, 0.3) is 10.1 Å². The number of aliphatic hydroxyl groups is 1. The highest BCUT2D eigenvalue weighted by Crippen LogP contribution is 2.29. The van der Waals surface area contributed by atoms with Gasteiger partial charge in [0.1, 0.15) is 0 Å². The number of likely N-dealkylation sites (tertiary alicyclic amines) is 1. The van der Waals surface area contributed by atoms with Gasteiger partial charge in [-0.3, -0.25) is 4.90 Å². The molecule has 4 nitrogen and oxygen atoms in total. The summed E-state index contributed by atoms with van der Waals surface area (Å²) in [5, 5.41) is 12.1. The Bertz CT molecular complexity index is 740. The molecule has 2 aromatic heterocycles. The highest BCUT2D eigenvalue weighted by Gasteiger charge is 2.32. The molecule has 23 heavy (non-hydrogen) atoms. The zero-order valence-electron chi connectivity index (χ0n) is 13.1. The number of imidazole rings is 1. The Morgan fingerprint density at radius 2 is 2.04 bits per heavy atom. The van der Waals surface area contributed by atoms with Gasteiger partial charge in [0, 0.05) is 41.6 Å². The van der Waals surface area contributed by atoms with E-state index in [0.29, 0.717) is 6.54 Å². The van der Waals surface area contributed by atoms with Crippen LogP contribution in [-0.4, -0.2) is 38.2 Å². The van der Waals surface area contributed by atoms with E-state index in [-0.39, 0.29) is 0 Å². The molecule has 0 radical (unpaired) electrons. The zero-order valence-corrected chi connectivity index (χ0v) is 13.9. The first-order valence-corrected chi connectivity index (χ1v) is 8.90. The fraction of sp³-hybridized carbons (Fsp3) is 0.389. The van der Waals surface area contributed by atoms with Crippen LogP contribution in [0.5, 0.6) is 0 Å². The molecular weight excluding hydrogens is 306 g/mol. The molecule has 120 valence electrons. The smallest absolute Gasteiger partial charge is 0.0946 e. The van der Waals surface area contributed by atoms with Gasteiger partial charge < -0.3 is 9.67 Å². The minimum Gasteiger partial charge on any atom is -0.388 e. The van der Waals surface area contributed by atoms with Gasteiger partial charge in [0.2, 0.25) is 0 Å². The molecule has 5 heteroatoms. The molecule has 0 unspecified atom stereocenters. The van der Waals surface area contributed by atoms with Crippen molar-refractivity contribution >= 4 is 21.4 Å². The van der Waals surface area contributed by atoms with Crippen LogP contribution in [0.2, 0.25) is 0 Å². The summed E-state index contributed by atoms with van der Waals surface area (Å²) < 4.78 is 3.33. The van der Waals surface area contributed by atoms with Gasteiger partial charge in [-0.15, -0.1) is 11.3 Å². The van der Waals surface area contributed by atoms with Crippen molar-refractivity contribution < 1.29 is 5.11 Å². The lowest BCUT2D eigenvalue weighted by Crippen LogP contribution is -2.46. The second-order valence-corrected chi connectivity index (χ2v) is 7.65. The van der Waals surface area contributed by atoms with Crippen LogP contribution in [0.4, 0.5) is 0 Å². The molecule has 3 aromatic rings. The van der Waals surface area contributed by atoms with Crippen molar-refractivity contribution in [2.45, 2.75) is 31.5 Å². The van der Waals surface area contributed by atoms with Gasteiger partial charge in [0.15, 0.2) is 0 Å². The van der Waals surface area contributed by atoms with Crippen LogP contribution in [0.1, 0.15) is 17.7 Å². The van der Waals surface area contributed by atoms with Crippen molar-refractivity contribution in [3.63, 3.8) is 0 Å². The van der Waals surface area contributed by atoms with Crippen LogP contribution >= 0.6 is 11.3 Å². The standard InChI is InChI=1S/C18H21N3OS/c22-18(13-21-10-7-19-14-21)5-8-20(9-6-18)12-16-11-15-3-1-2-4-17(15)23-16/h1-4,7,10-11,14,22H,5-6,8-9,12-13H2. The average molecular weight is 327 g/mol. The third-order valence-electron chi connectivity index (χ3n) is 4.68. The van der Waals surface area contributed by atoms with E-state index in [9.17, 15) is 5.11 Å². The molecule has 0 amide bonds. The van der Waals surface area contributed by atoms with Crippen molar-refractivity contribution in [3.8, 4) is 0 Å². The second-order valence-electron chi connectivity index (χ2n) is 6.49. The number of piperidine rings is 1. The van der Waals surface area contributed by atoms with E-state index in [4.69, 9.17) is 0 Å². The van der Waals surface area contributed by atoms with E-state index in [0.717, 1.165) is 32.5 Å². The van der Waals surface area contributed by atoms with Gasteiger partial charge in [-0.05, 0) is 30.4 Å². The molecule has 4 rings (SSSR count). The normalized spacial score (nSPS) is 18.5. The van der Waals surface area contributed by atoms with Gasteiger partial charge in [-0.1, -0.05) is 18.2 Å². The summed E-state index contributed by atoms with van der Waals surface area (Å²) in [5.74, 6) is 0. The molecule has 1 saturated heterocycles. The van der Waals surface area contributed by atoms with Crippen molar-refractivity contribution in [3.05, 3.63) is 53.9 Å². The first-order valence-electron chi connectivity index (χ1n) is 8.08. The van der Waals surface area contributed by atoms with E-state index in [1.807, 2.05) is 22.1 Å². The lowest BCUT2D eigenvalue weighted by Gasteiger charge is -2.38. The SMILES string of the molecule is OC1(Cn2ccnc2)CCN(Cc2cc3ccccc3s2)CC1. The Morgan fingerprint density at radius 1 is 1.22 bits per heavy atom. The first kappa shape index (κ1) is 14.9. The number of benzene rings is 1. The quantitative estimate of drug-likeness (QED) is 0.800. The number of fused-ring (bicyclic) bond motifs is 1. The van der Waals surface area contributed by atoms with E-state index in [2.05, 4.69) is 40.2 Å². The van der Waals surface area contributed by atoms with E-state index in [1.54, 1.807) is 12.5 Å². The highest BCUT2D eigenvalue weighted by molar-refractivity contribution is 7.19. The van der Waals surface area contributed by atoms with Crippen LogP contribution in [-0.2, 0) is 13.1 Å².